The number of thioether (sulfide) groups is 1. The van der Waals surface area contributed by atoms with Crippen molar-refractivity contribution in [2.75, 3.05) is 11.4 Å². The molecular formula is C11H16N2S2. The van der Waals surface area contributed by atoms with Crippen molar-refractivity contribution >= 4 is 29.4 Å². The van der Waals surface area contributed by atoms with Gasteiger partial charge in [-0.3, -0.25) is 5.14 Å². The van der Waals surface area contributed by atoms with Crippen molar-refractivity contribution in [3.05, 3.63) is 24.3 Å². The lowest BCUT2D eigenvalue weighted by molar-refractivity contribution is 0.752. The average molecular weight is 240 g/mol. The van der Waals surface area contributed by atoms with Gasteiger partial charge in [0.2, 0.25) is 0 Å². The molecule has 4 heteroatoms. The Morgan fingerprint density at radius 2 is 2.27 bits per heavy atom. The molecule has 2 N–H and O–H groups in total. The lowest BCUT2D eigenvalue weighted by atomic mass is 10.2. The molecule has 2 nitrogen and oxygen atoms in total. The van der Waals surface area contributed by atoms with Gasteiger partial charge < -0.3 is 4.90 Å². The van der Waals surface area contributed by atoms with Gasteiger partial charge in [0.1, 0.15) is 4.71 Å². The molecule has 1 aliphatic heterocycles. The molecule has 1 aliphatic rings. The Bertz CT molecular complexity index is 330. The SMILES string of the molecule is CCCCN1c2ccccc2SC1SN. The van der Waals surface area contributed by atoms with E-state index in [4.69, 9.17) is 5.14 Å². The molecule has 82 valence electrons. The van der Waals surface area contributed by atoms with E-state index in [1.807, 2.05) is 11.8 Å². The predicted molar refractivity (Wildman–Crippen MR) is 70.1 cm³/mol. The van der Waals surface area contributed by atoms with E-state index in [2.05, 4.69) is 36.1 Å². The number of unbranched alkanes of at least 4 members (excludes halogenated alkanes) is 1. The van der Waals surface area contributed by atoms with Crippen molar-refractivity contribution in [3.8, 4) is 0 Å². The highest BCUT2D eigenvalue weighted by atomic mass is 32.2. The topological polar surface area (TPSA) is 29.3 Å². The van der Waals surface area contributed by atoms with Gasteiger partial charge in [0.25, 0.3) is 0 Å². The van der Waals surface area contributed by atoms with Gasteiger partial charge in [-0.15, -0.1) is 0 Å². The monoisotopic (exact) mass is 240 g/mol. The fraction of sp³-hybridized carbons (Fsp3) is 0.455. The maximum Gasteiger partial charge on any atom is 0.140 e. The van der Waals surface area contributed by atoms with Gasteiger partial charge in [-0.2, -0.15) is 0 Å². The van der Waals surface area contributed by atoms with Crippen molar-refractivity contribution in [2.45, 2.75) is 29.4 Å². The summed E-state index contributed by atoms with van der Waals surface area (Å²) in [5.74, 6) is 0. The average Bonchev–Trinajstić information content (AvgIpc) is 2.64. The largest absolute Gasteiger partial charge is 0.349 e. The lowest BCUT2D eigenvalue weighted by Gasteiger charge is -2.24. The first-order valence-electron chi connectivity index (χ1n) is 5.24. The maximum absolute atomic E-state index is 5.73. The van der Waals surface area contributed by atoms with Crippen molar-refractivity contribution in [2.24, 2.45) is 5.14 Å². The van der Waals surface area contributed by atoms with Crippen LogP contribution in [0.2, 0.25) is 0 Å². The van der Waals surface area contributed by atoms with Crippen molar-refractivity contribution in [3.63, 3.8) is 0 Å². The second-order valence-corrected chi connectivity index (χ2v) is 5.71. The van der Waals surface area contributed by atoms with Gasteiger partial charge in [0, 0.05) is 11.4 Å². The second kappa shape index (κ2) is 5.14. The lowest BCUT2D eigenvalue weighted by Crippen LogP contribution is -2.28. The summed E-state index contributed by atoms with van der Waals surface area (Å²) in [6.07, 6.45) is 2.46. The number of fused-ring (bicyclic) bond motifs is 1. The first-order chi connectivity index (χ1) is 7.36. The molecule has 15 heavy (non-hydrogen) atoms. The van der Waals surface area contributed by atoms with Gasteiger partial charge in [-0.05, 0) is 30.5 Å². The summed E-state index contributed by atoms with van der Waals surface area (Å²) in [4.78, 5) is 3.77. The first kappa shape index (κ1) is 11.2. The predicted octanol–water partition coefficient (Wildman–Crippen LogP) is 3.29. The van der Waals surface area contributed by atoms with Crippen LogP contribution in [0, 0.1) is 0 Å². The van der Waals surface area contributed by atoms with E-state index in [-0.39, 0.29) is 0 Å². The van der Waals surface area contributed by atoms with Crippen LogP contribution >= 0.6 is 23.7 Å². The molecule has 1 aromatic rings. The molecule has 0 saturated carbocycles. The summed E-state index contributed by atoms with van der Waals surface area (Å²) < 4.78 is 0.356. The quantitative estimate of drug-likeness (QED) is 0.818. The Kier molecular flexibility index (Phi) is 3.83. The summed E-state index contributed by atoms with van der Waals surface area (Å²) in [6.45, 7) is 3.33. The second-order valence-electron chi connectivity index (χ2n) is 3.58. The van der Waals surface area contributed by atoms with Crippen LogP contribution in [0.4, 0.5) is 5.69 Å². The van der Waals surface area contributed by atoms with Crippen LogP contribution in [0.15, 0.2) is 29.2 Å². The van der Waals surface area contributed by atoms with Gasteiger partial charge in [-0.25, -0.2) is 0 Å². The van der Waals surface area contributed by atoms with E-state index < -0.39 is 0 Å². The maximum atomic E-state index is 5.73. The number of nitrogens with zero attached hydrogens (tertiary/aromatic N) is 1. The summed E-state index contributed by atoms with van der Waals surface area (Å²) in [5, 5.41) is 5.73. The Morgan fingerprint density at radius 3 is 3.00 bits per heavy atom. The van der Waals surface area contributed by atoms with Gasteiger partial charge >= 0.3 is 0 Å². The first-order valence-corrected chi connectivity index (χ1v) is 7.07. The van der Waals surface area contributed by atoms with E-state index >= 15 is 0 Å². The van der Waals surface area contributed by atoms with Gasteiger partial charge in [0.15, 0.2) is 0 Å². The van der Waals surface area contributed by atoms with Gasteiger partial charge in [0.05, 0.1) is 5.69 Å². The zero-order chi connectivity index (χ0) is 10.7. The molecule has 0 bridgehead atoms. The molecule has 0 fully saturated rings. The van der Waals surface area contributed by atoms with E-state index in [1.54, 1.807) is 0 Å². The van der Waals surface area contributed by atoms with E-state index in [1.165, 1.54) is 35.4 Å². The van der Waals surface area contributed by atoms with Crippen molar-refractivity contribution in [1.29, 1.82) is 0 Å². The van der Waals surface area contributed by atoms with E-state index in [9.17, 15) is 0 Å². The van der Waals surface area contributed by atoms with Crippen LogP contribution in [-0.2, 0) is 0 Å². The fourth-order valence-corrected chi connectivity index (χ4v) is 3.66. The minimum atomic E-state index is 0.356. The number of rotatable bonds is 4. The van der Waals surface area contributed by atoms with Crippen LogP contribution in [0.25, 0.3) is 0 Å². The molecule has 1 unspecified atom stereocenters. The molecule has 1 heterocycles. The highest BCUT2D eigenvalue weighted by molar-refractivity contribution is 8.16. The molecule has 1 atom stereocenters. The Hall–Kier alpha value is -0.320. The highest BCUT2D eigenvalue weighted by Gasteiger charge is 2.28. The van der Waals surface area contributed by atoms with E-state index in [0.717, 1.165) is 6.54 Å². The minimum Gasteiger partial charge on any atom is -0.349 e. The van der Waals surface area contributed by atoms with Crippen LogP contribution < -0.4 is 10.0 Å². The number of hydrogen-bond acceptors (Lipinski definition) is 4. The zero-order valence-corrected chi connectivity index (χ0v) is 10.5. The van der Waals surface area contributed by atoms with Crippen LogP contribution in [0.1, 0.15) is 19.8 Å². The minimum absolute atomic E-state index is 0.356. The van der Waals surface area contributed by atoms with Crippen LogP contribution in [0.5, 0.6) is 0 Å². The normalized spacial score (nSPS) is 19.3. The summed E-state index contributed by atoms with van der Waals surface area (Å²) in [5.41, 5.74) is 1.35. The van der Waals surface area contributed by atoms with E-state index in [0.29, 0.717) is 4.71 Å². The molecule has 0 amide bonds. The van der Waals surface area contributed by atoms with Crippen LogP contribution in [-0.4, -0.2) is 11.3 Å². The summed E-state index contributed by atoms with van der Waals surface area (Å²) in [6, 6.07) is 8.55. The molecule has 0 spiro atoms. The molecular weight excluding hydrogens is 224 g/mol. The molecule has 1 aromatic carbocycles. The van der Waals surface area contributed by atoms with Crippen molar-refractivity contribution < 1.29 is 0 Å². The Balaban J connectivity index is 2.18. The zero-order valence-electron chi connectivity index (χ0n) is 8.85. The smallest absolute Gasteiger partial charge is 0.140 e. The Labute approximate surface area is 99.7 Å². The van der Waals surface area contributed by atoms with Crippen molar-refractivity contribution in [1.82, 2.24) is 0 Å². The third-order valence-corrected chi connectivity index (χ3v) is 4.69. The third kappa shape index (κ3) is 2.27. The third-order valence-electron chi connectivity index (χ3n) is 2.53. The number of hydrogen-bond donors (Lipinski definition) is 1. The summed E-state index contributed by atoms with van der Waals surface area (Å²) in [7, 11) is 0. The highest BCUT2D eigenvalue weighted by Crippen LogP contribution is 2.46. The molecule has 0 aromatic heterocycles. The summed E-state index contributed by atoms with van der Waals surface area (Å²) >= 11 is 3.30. The Morgan fingerprint density at radius 1 is 1.47 bits per heavy atom. The number of anilines is 1. The molecule has 0 aliphatic carbocycles. The molecule has 2 rings (SSSR count). The molecule has 0 saturated heterocycles. The standard InChI is InChI=1S/C11H16N2S2/c1-2-3-8-13-9-6-4-5-7-10(9)14-11(13)15-12/h4-7,11H,2-3,8,12H2,1H3. The van der Waals surface area contributed by atoms with Crippen LogP contribution in [0.3, 0.4) is 0 Å². The molecule has 0 radical (unpaired) electrons. The van der Waals surface area contributed by atoms with Gasteiger partial charge in [-0.1, -0.05) is 37.2 Å². The number of nitrogens with two attached hydrogens (primary N) is 1. The fourth-order valence-electron chi connectivity index (χ4n) is 1.74. The number of benzene rings is 1. The number of para-hydroxylation sites is 1.